The number of ether oxygens (including phenoxy) is 6. The number of nitrogens with one attached hydrogen (secondary N) is 6. The number of likely N-dealkylation sites (tertiary alicyclic amines) is 2. The van der Waals surface area contributed by atoms with Crippen LogP contribution < -0.4 is 73.8 Å². The maximum absolute atomic E-state index is 14.8. The van der Waals surface area contributed by atoms with E-state index in [4.69, 9.17) is 51.4 Å². The maximum Gasteiger partial charge on any atom is 0.415 e. The van der Waals surface area contributed by atoms with Gasteiger partial charge in [-0.25, -0.2) is 19.4 Å². The number of carbonyl (C=O) groups is 8. The molecule has 0 radical (unpaired) electrons. The maximum atomic E-state index is 14.8. The van der Waals surface area contributed by atoms with Crippen LogP contribution in [0.5, 0.6) is 23.0 Å². The highest BCUT2D eigenvalue weighted by atomic mass is 16.6. The molecule has 4 aromatic rings. The smallest absolute Gasteiger partial charge is 0.415 e. The van der Waals surface area contributed by atoms with Gasteiger partial charge in [-0.05, 0) is 143 Å². The highest BCUT2D eigenvalue weighted by molar-refractivity contribution is 5.92. The number of likely N-dealkylation sites (N-methyl/N-ethyl adjacent to an activating group) is 1. The number of allylic oxidation sites excluding steroid dienone is 1. The summed E-state index contributed by atoms with van der Waals surface area (Å²) in [7, 11) is 3.76. The van der Waals surface area contributed by atoms with Crippen LogP contribution in [0.25, 0.3) is 0 Å². The zero-order chi connectivity index (χ0) is 66.9. The third-order valence-electron chi connectivity index (χ3n) is 17.6. The molecule has 0 saturated carbocycles. The van der Waals surface area contributed by atoms with Crippen LogP contribution in [0.3, 0.4) is 0 Å². The number of nitrogens with zero attached hydrogens (tertiary/aromatic N) is 4. The van der Waals surface area contributed by atoms with Crippen molar-refractivity contribution in [1.82, 2.24) is 41.7 Å². The number of aliphatic imine (C=N–C) groups is 2. The number of unbranched alkanes of at least 4 members (excludes halogenated alkanes) is 1. The average Bonchev–Trinajstić information content (AvgIpc) is 1.47. The molecule has 8 atom stereocenters. The zero-order valence-electron chi connectivity index (χ0n) is 53.0. The standard InChI is InChI=1S/C66H84N14O14/c1-39(81)74-37-54(82)77-49(16-10-28-73-62(67)68)60(85)75-36-45-33-43(25-30-80(45)65(88)93-53-24-22-48-51-34-42-19-23-52(89-3)56-55(42)66(48,57(53)94-56)26-31-79(51)2)58(83)71-27-8-7-15-50(78-64(87)91-38-40-11-5-4-6-12-40)59(84)72-29-32-90-46-20-17-41(18-21-46)61(86)92-47-14-9-13-44(35-47)76-63(69)70/h4-6,9,11-14,17-21,23-24,35,43,45,48-51,57H,7-8,10,15-16,22,25-34,36-38H2,1-3H3,(H,71,83)(H,72,84)(H,74,81)(H,75,85)(H,77,82)(H,78,87)(H4,67,68,73)(H4,69,70,76)/t43?,45?,48-,49+,50-,51+,57-,66-/m0/s1. The first-order chi connectivity index (χ1) is 45.3. The molecule has 502 valence electrons. The molecule has 3 heterocycles. The molecular formula is C66H84N14O14. The van der Waals surface area contributed by atoms with E-state index in [1.54, 1.807) is 49.6 Å². The fraction of sp³-hybridized carbons (Fsp3) is 0.455. The van der Waals surface area contributed by atoms with Gasteiger partial charge in [0.2, 0.25) is 29.5 Å². The molecule has 28 nitrogen and oxygen atoms in total. The molecule has 1 spiro atoms. The van der Waals surface area contributed by atoms with Crippen molar-refractivity contribution in [3.05, 3.63) is 125 Å². The van der Waals surface area contributed by atoms with Crippen LogP contribution in [0.4, 0.5) is 15.3 Å². The molecule has 3 aliphatic heterocycles. The van der Waals surface area contributed by atoms with Gasteiger partial charge in [0.05, 0.1) is 37.5 Å². The fourth-order valence-corrected chi connectivity index (χ4v) is 13.1. The largest absolute Gasteiger partial charge is 0.493 e. The number of hydrogen-bond acceptors (Lipinski definition) is 17. The van der Waals surface area contributed by atoms with E-state index in [0.717, 1.165) is 30.5 Å². The molecule has 9 rings (SSSR count). The lowest BCUT2D eigenvalue weighted by Gasteiger charge is -2.56. The van der Waals surface area contributed by atoms with Crippen molar-refractivity contribution in [2.45, 2.75) is 113 Å². The molecular weight excluding hydrogens is 1210 g/mol. The number of esters is 1. The first-order valence-corrected chi connectivity index (χ1v) is 31.6. The van der Waals surface area contributed by atoms with Gasteiger partial charge in [-0.2, -0.15) is 0 Å². The fourth-order valence-electron chi connectivity index (χ4n) is 13.1. The topological polar surface area (TPSA) is 399 Å². The Morgan fingerprint density at radius 1 is 0.787 bits per heavy atom. The van der Waals surface area contributed by atoms with Crippen molar-refractivity contribution >= 4 is 65.3 Å². The summed E-state index contributed by atoms with van der Waals surface area (Å²) in [6, 6.07) is 23.1. The first-order valence-electron chi connectivity index (χ1n) is 31.6. The summed E-state index contributed by atoms with van der Waals surface area (Å²) in [6.45, 7) is 2.11. The van der Waals surface area contributed by atoms with Crippen LogP contribution in [-0.2, 0) is 51.9 Å². The molecule has 2 fully saturated rings. The third-order valence-corrected chi connectivity index (χ3v) is 17.6. The SMILES string of the molecule is COc1ccc2c3c1O[C@H]1C(OC(=O)N4CCC(C(=O)NCCCC[C@H](NC(=O)OCc5ccccc5)C(=O)NCCOc5ccc(C(=O)Oc6cccc(N=C(N)N)c6)cc5)CC4CNC(=O)[C@@H](CCCN=C(N)N)NC(=O)CNC(C)=O)=CC[C@H]4[C@@H](C2)N(C)CC[C@]314. The van der Waals surface area contributed by atoms with Crippen LogP contribution >= 0.6 is 0 Å². The summed E-state index contributed by atoms with van der Waals surface area (Å²) in [4.78, 5) is 119. The highest BCUT2D eigenvalue weighted by Gasteiger charge is 2.65. The number of benzene rings is 4. The number of amides is 7. The van der Waals surface area contributed by atoms with Gasteiger partial charge in [-0.15, -0.1) is 0 Å². The Morgan fingerprint density at radius 3 is 2.31 bits per heavy atom. The lowest BCUT2D eigenvalue weighted by Crippen LogP contribution is -2.63. The van der Waals surface area contributed by atoms with Gasteiger partial charge in [-0.3, -0.25) is 29.0 Å². The second-order valence-corrected chi connectivity index (χ2v) is 23.9. The van der Waals surface area contributed by atoms with E-state index in [1.807, 2.05) is 30.3 Å². The molecule has 2 bridgehead atoms. The van der Waals surface area contributed by atoms with E-state index < -0.39 is 77.3 Å². The van der Waals surface area contributed by atoms with Crippen LogP contribution in [0.15, 0.2) is 113 Å². The van der Waals surface area contributed by atoms with Gasteiger partial charge < -0.3 is 93.1 Å². The van der Waals surface area contributed by atoms with Crippen molar-refractivity contribution in [3.63, 3.8) is 0 Å². The second-order valence-electron chi connectivity index (χ2n) is 23.9. The van der Waals surface area contributed by atoms with Crippen molar-refractivity contribution in [3.8, 4) is 23.0 Å². The van der Waals surface area contributed by atoms with E-state index in [2.05, 4.69) is 59.9 Å². The van der Waals surface area contributed by atoms with Gasteiger partial charge in [0.15, 0.2) is 29.5 Å². The zero-order valence-corrected chi connectivity index (χ0v) is 53.0. The number of methoxy groups -OCH3 is 1. The summed E-state index contributed by atoms with van der Waals surface area (Å²) in [5.41, 5.74) is 25.3. The van der Waals surface area contributed by atoms with Gasteiger partial charge in [0, 0.05) is 62.1 Å². The number of piperidine rings is 2. The molecule has 14 N–H and O–H groups in total. The number of carbonyl (C=O) groups excluding carboxylic acids is 8. The van der Waals surface area contributed by atoms with Crippen LogP contribution in [0.2, 0.25) is 0 Å². The number of nitrogens with two attached hydrogens (primary N) is 4. The van der Waals surface area contributed by atoms with Gasteiger partial charge in [0.25, 0.3) is 0 Å². The summed E-state index contributed by atoms with van der Waals surface area (Å²) >= 11 is 0. The second kappa shape index (κ2) is 31.9. The molecule has 94 heavy (non-hydrogen) atoms. The Balaban J connectivity index is 0.819. The number of alkyl carbamates (subject to hydrolysis) is 1. The molecule has 2 aliphatic carbocycles. The van der Waals surface area contributed by atoms with Crippen molar-refractivity contribution < 1.29 is 66.8 Å². The van der Waals surface area contributed by atoms with Crippen molar-refractivity contribution in [2.24, 2.45) is 44.8 Å². The minimum Gasteiger partial charge on any atom is -0.493 e. The van der Waals surface area contributed by atoms with E-state index in [0.29, 0.717) is 54.4 Å². The minimum absolute atomic E-state index is 0.0298. The predicted molar refractivity (Wildman–Crippen MR) is 345 cm³/mol. The van der Waals surface area contributed by atoms with Crippen LogP contribution in [0, 0.1) is 11.8 Å². The highest BCUT2D eigenvalue weighted by Crippen LogP contribution is 2.64. The quantitative estimate of drug-likeness (QED) is 0.0123. The molecule has 2 unspecified atom stereocenters. The first kappa shape index (κ1) is 68.3. The Bertz CT molecular complexity index is 3490. The Labute approximate surface area is 544 Å². The summed E-state index contributed by atoms with van der Waals surface area (Å²) in [5, 5.41) is 16.5. The lowest BCUT2D eigenvalue weighted by atomic mass is 9.53. The summed E-state index contributed by atoms with van der Waals surface area (Å²) < 4.78 is 35.9. The number of rotatable bonds is 29. The third kappa shape index (κ3) is 17.3. The number of hydrogen-bond donors (Lipinski definition) is 10. The van der Waals surface area contributed by atoms with E-state index in [-0.39, 0.29) is 119 Å². The van der Waals surface area contributed by atoms with Gasteiger partial charge in [0.1, 0.15) is 42.6 Å². The number of guanidine groups is 2. The average molecular weight is 1300 g/mol. The minimum atomic E-state index is -1.09. The van der Waals surface area contributed by atoms with Crippen molar-refractivity contribution in [2.75, 3.05) is 66.6 Å². The van der Waals surface area contributed by atoms with Crippen LogP contribution in [0.1, 0.15) is 91.8 Å². The molecule has 5 aliphatic rings. The van der Waals surface area contributed by atoms with Gasteiger partial charge in [-0.1, -0.05) is 42.5 Å². The van der Waals surface area contributed by atoms with Crippen molar-refractivity contribution in [1.29, 1.82) is 0 Å². The van der Waals surface area contributed by atoms with E-state index in [9.17, 15) is 38.4 Å². The summed E-state index contributed by atoms with van der Waals surface area (Å²) in [6.07, 6.45) is 3.92. The molecule has 7 amide bonds. The molecule has 2 saturated heterocycles. The lowest BCUT2D eigenvalue weighted by molar-refractivity contribution is -0.130. The molecule has 0 aromatic heterocycles. The summed E-state index contributed by atoms with van der Waals surface area (Å²) in [5.74, 6) is -1.41. The van der Waals surface area contributed by atoms with Crippen LogP contribution in [-0.4, -0.2) is 166 Å². The normalized spacial score (nSPS) is 20.3. The Morgan fingerprint density at radius 2 is 1.55 bits per heavy atom. The van der Waals surface area contributed by atoms with E-state index >= 15 is 0 Å². The predicted octanol–water partition coefficient (Wildman–Crippen LogP) is 2.77. The Hall–Kier alpha value is -10.1. The monoisotopic (exact) mass is 1300 g/mol. The van der Waals surface area contributed by atoms with Gasteiger partial charge >= 0.3 is 18.2 Å². The van der Waals surface area contributed by atoms with E-state index in [1.165, 1.54) is 35.6 Å². The Kier molecular flexibility index (Phi) is 23.2. The molecule has 28 heteroatoms. The molecule has 4 aromatic carbocycles.